The van der Waals surface area contributed by atoms with E-state index in [0.29, 0.717) is 11.9 Å². The van der Waals surface area contributed by atoms with Crippen molar-refractivity contribution in [2.45, 2.75) is 25.4 Å². The summed E-state index contributed by atoms with van der Waals surface area (Å²) in [4.78, 5) is 17.5. The smallest absolute Gasteiger partial charge is 0.252 e. The van der Waals surface area contributed by atoms with E-state index in [9.17, 15) is 4.79 Å². The molecule has 0 aliphatic carbocycles. The van der Waals surface area contributed by atoms with Gasteiger partial charge in [0, 0.05) is 19.2 Å². The first-order valence-electron chi connectivity index (χ1n) is 6.45. The molecule has 6 heteroatoms. The van der Waals surface area contributed by atoms with Gasteiger partial charge in [0.2, 0.25) is 0 Å². The maximum atomic E-state index is 11.0. The molecule has 2 rings (SSSR count). The van der Waals surface area contributed by atoms with E-state index in [0.717, 1.165) is 45.5 Å². The van der Waals surface area contributed by atoms with Crippen LogP contribution < -0.4 is 16.2 Å². The van der Waals surface area contributed by atoms with Gasteiger partial charge in [-0.2, -0.15) is 0 Å². The van der Waals surface area contributed by atoms with E-state index in [-0.39, 0.29) is 5.56 Å². The Morgan fingerprint density at radius 3 is 3.06 bits per heavy atom. The van der Waals surface area contributed by atoms with Gasteiger partial charge in [-0.1, -0.05) is 0 Å². The van der Waals surface area contributed by atoms with Crippen molar-refractivity contribution >= 4 is 5.82 Å². The number of nitrogens with zero attached hydrogens (tertiary/aromatic N) is 1. The second-order valence-corrected chi connectivity index (χ2v) is 4.40. The van der Waals surface area contributed by atoms with Gasteiger partial charge in [0.05, 0.1) is 12.4 Å². The molecular weight excluding hydrogens is 232 g/mol. The fraction of sp³-hybridized carbons (Fsp3) is 0.667. The van der Waals surface area contributed by atoms with Gasteiger partial charge < -0.3 is 20.4 Å². The Labute approximate surface area is 106 Å². The highest BCUT2D eigenvalue weighted by Crippen LogP contribution is 2.07. The van der Waals surface area contributed by atoms with Gasteiger partial charge in [-0.25, -0.2) is 4.98 Å². The Kier molecular flexibility index (Phi) is 5.16. The molecule has 100 valence electrons. The molecule has 1 aromatic heterocycles. The third-order valence-corrected chi connectivity index (χ3v) is 2.95. The van der Waals surface area contributed by atoms with Crippen molar-refractivity contribution in [1.82, 2.24) is 15.3 Å². The molecule has 0 atom stereocenters. The van der Waals surface area contributed by atoms with Crippen molar-refractivity contribution in [1.29, 1.82) is 0 Å². The zero-order valence-electron chi connectivity index (χ0n) is 10.4. The molecule has 0 bridgehead atoms. The average Bonchev–Trinajstić information content (AvgIpc) is 2.40. The summed E-state index contributed by atoms with van der Waals surface area (Å²) in [5.41, 5.74) is -0.140. The maximum Gasteiger partial charge on any atom is 0.252 e. The zero-order valence-corrected chi connectivity index (χ0v) is 10.4. The van der Waals surface area contributed by atoms with Crippen LogP contribution in [0.3, 0.4) is 0 Å². The Balaban J connectivity index is 1.57. The largest absolute Gasteiger partial charge is 0.378 e. The number of piperidine rings is 1. The lowest BCUT2D eigenvalue weighted by Crippen LogP contribution is -2.32. The van der Waals surface area contributed by atoms with Crippen LogP contribution in [0.25, 0.3) is 0 Å². The molecule has 0 spiro atoms. The fourth-order valence-electron chi connectivity index (χ4n) is 1.97. The number of H-pyrrole nitrogens is 1. The summed E-state index contributed by atoms with van der Waals surface area (Å²) >= 11 is 0. The molecule has 6 nitrogen and oxygen atoms in total. The topological polar surface area (TPSA) is 79.0 Å². The summed E-state index contributed by atoms with van der Waals surface area (Å²) in [7, 11) is 0. The summed E-state index contributed by atoms with van der Waals surface area (Å²) in [5, 5.41) is 6.41. The Bertz CT molecular complexity index is 401. The first-order valence-corrected chi connectivity index (χ1v) is 6.45. The van der Waals surface area contributed by atoms with Gasteiger partial charge in [-0.3, -0.25) is 4.79 Å². The first-order chi connectivity index (χ1) is 8.84. The number of hydrogen-bond acceptors (Lipinski definition) is 5. The Hall–Kier alpha value is -1.40. The lowest BCUT2D eigenvalue weighted by molar-refractivity contribution is 0.0329. The van der Waals surface area contributed by atoms with Gasteiger partial charge in [-0.05, 0) is 32.4 Å². The molecule has 0 amide bonds. The molecule has 0 aromatic carbocycles. The van der Waals surface area contributed by atoms with Crippen LogP contribution in [0.5, 0.6) is 0 Å². The SMILES string of the molecule is O=c1cc(NCCCOC2CCNCC2)nc[nH]1. The van der Waals surface area contributed by atoms with Crippen molar-refractivity contribution in [3.8, 4) is 0 Å². The predicted octanol–water partition coefficient (Wildman–Crippen LogP) is 0.340. The second kappa shape index (κ2) is 7.13. The zero-order chi connectivity index (χ0) is 12.6. The minimum Gasteiger partial charge on any atom is -0.378 e. The molecule has 1 saturated heterocycles. The fourth-order valence-corrected chi connectivity index (χ4v) is 1.97. The third kappa shape index (κ3) is 4.46. The van der Waals surface area contributed by atoms with E-state index in [1.807, 2.05) is 0 Å². The molecule has 0 radical (unpaired) electrons. The van der Waals surface area contributed by atoms with Crippen molar-refractivity contribution in [2.24, 2.45) is 0 Å². The average molecular weight is 252 g/mol. The van der Waals surface area contributed by atoms with Crippen LogP contribution >= 0.6 is 0 Å². The van der Waals surface area contributed by atoms with Crippen molar-refractivity contribution in [2.75, 3.05) is 31.6 Å². The Morgan fingerprint density at radius 1 is 1.44 bits per heavy atom. The highest BCUT2D eigenvalue weighted by Gasteiger charge is 2.12. The van der Waals surface area contributed by atoms with Crippen molar-refractivity contribution < 1.29 is 4.74 Å². The van der Waals surface area contributed by atoms with Gasteiger partial charge >= 0.3 is 0 Å². The summed E-state index contributed by atoms with van der Waals surface area (Å²) in [6.45, 7) is 3.63. The van der Waals surface area contributed by atoms with Crippen LogP contribution in [0.1, 0.15) is 19.3 Å². The van der Waals surface area contributed by atoms with Crippen LogP contribution in [-0.4, -0.2) is 42.3 Å². The van der Waals surface area contributed by atoms with E-state index in [1.165, 1.54) is 12.4 Å². The van der Waals surface area contributed by atoms with E-state index in [2.05, 4.69) is 20.6 Å². The quantitative estimate of drug-likeness (QED) is 0.636. The number of anilines is 1. The highest BCUT2D eigenvalue weighted by molar-refractivity contribution is 5.31. The number of hydrogen-bond donors (Lipinski definition) is 3. The van der Waals surface area contributed by atoms with Crippen LogP contribution in [0.2, 0.25) is 0 Å². The van der Waals surface area contributed by atoms with E-state index >= 15 is 0 Å². The monoisotopic (exact) mass is 252 g/mol. The summed E-state index contributed by atoms with van der Waals surface area (Å²) < 4.78 is 5.78. The molecule has 3 N–H and O–H groups in total. The molecule has 0 saturated carbocycles. The lowest BCUT2D eigenvalue weighted by Gasteiger charge is -2.22. The van der Waals surface area contributed by atoms with Crippen LogP contribution in [0.4, 0.5) is 5.82 Å². The molecule has 1 aliphatic rings. The lowest BCUT2D eigenvalue weighted by atomic mass is 10.1. The van der Waals surface area contributed by atoms with Gasteiger partial charge in [-0.15, -0.1) is 0 Å². The number of aromatic nitrogens is 2. The highest BCUT2D eigenvalue weighted by atomic mass is 16.5. The van der Waals surface area contributed by atoms with E-state index in [1.54, 1.807) is 0 Å². The molecule has 1 fully saturated rings. The van der Waals surface area contributed by atoms with Gasteiger partial charge in [0.1, 0.15) is 5.82 Å². The van der Waals surface area contributed by atoms with Crippen LogP contribution in [-0.2, 0) is 4.74 Å². The normalized spacial score (nSPS) is 16.7. The minimum atomic E-state index is -0.140. The molecule has 1 aromatic rings. The van der Waals surface area contributed by atoms with Gasteiger partial charge in [0.25, 0.3) is 5.56 Å². The summed E-state index contributed by atoms with van der Waals surface area (Å²) in [6.07, 6.45) is 4.92. The number of ether oxygens (including phenoxy) is 1. The van der Waals surface area contributed by atoms with Crippen LogP contribution in [0, 0.1) is 0 Å². The first kappa shape index (κ1) is 13.0. The number of aromatic amines is 1. The molecule has 2 heterocycles. The predicted molar refractivity (Wildman–Crippen MR) is 69.8 cm³/mol. The molecular formula is C12H20N4O2. The third-order valence-electron chi connectivity index (χ3n) is 2.95. The Morgan fingerprint density at radius 2 is 2.28 bits per heavy atom. The minimum absolute atomic E-state index is 0.140. The number of nitrogens with one attached hydrogen (secondary N) is 3. The molecule has 0 unspecified atom stereocenters. The van der Waals surface area contributed by atoms with Crippen LogP contribution in [0.15, 0.2) is 17.2 Å². The van der Waals surface area contributed by atoms with E-state index < -0.39 is 0 Å². The summed E-state index contributed by atoms with van der Waals surface area (Å²) in [5.74, 6) is 0.612. The van der Waals surface area contributed by atoms with Gasteiger partial charge in [0.15, 0.2) is 0 Å². The maximum absolute atomic E-state index is 11.0. The van der Waals surface area contributed by atoms with Crippen molar-refractivity contribution in [3.63, 3.8) is 0 Å². The molecule has 1 aliphatic heterocycles. The molecule has 18 heavy (non-hydrogen) atoms. The van der Waals surface area contributed by atoms with E-state index in [4.69, 9.17) is 4.74 Å². The standard InChI is InChI=1S/C12H20N4O2/c17-12-8-11(15-9-16-12)14-4-1-7-18-10-2-5-13-6-3-10/h8-10,13H,1-7H2,(H2,14,15,16,17). The second-order valence-electron chi connectivity index (χ2n) is 4.40. The van der Waals surface area contributed by atoms with Crippen molar-refractivity contribution in [3.05, 3.63) is 22.7 Å². The summed E-state index contributed by atoms with van der Waals surface area (Å²) in [6, 6.07) is 1.45. The number of rotatable bonds is 6.